The third kappa shape index (κ3) is 4.44. The van der Waals surface area contributed by atoms with Crippen LogP contribution in [0.15, 0.2) is 18.5 Å². The maximum Gasteiger partial charge on any atom is 0.138 e. The topological polar surface area (TPSA) is 48.1 Å². The van der Waals surface area contributed by atoms with E-state index >= 15 is 0 Å². The predicted molar refractivity (Wildman–Crippen MR) is 87.5 cm³/mol. The van der Waals surface area contributed by atoms with Crippen molar-refractivity contribution in [3.8, 4) is 5.75 Å². The van der Waals surface area contributed by atoms with Crippen molar-refractivity contribution in [3.63, 3.8) is 0 Å². The highest BCUT2D eigenvalue weighted by Gasteiger charge is 2.30. The first-order valence-electron chi connectivity index (χ1n) is 8.45. The first kappa shape index (κ1) is 16.3. The van der Waals surface area contributed by atoms with Crippen LogP contribution in [0.5, 0.6) is 5.75 Å². The Morgan fingerprint density at radius 1 is 1.33 bits per heavy atom. The summed E-state index contributed by atoms with van der Waals surface area (Å²) in [6.07, 6.45) is 10.5. The number of aromatic nitrogens is 1. The van der Waals surface area contributed by atoms with Crippen molar-refractivity contribution in [3.05, 3.63) is 24.0 Å². The molecule has 0 spiro atoms. The third-order valence-electron chi connectivity index (χ3n) is 4.64. The van der Waals surface area contributed by atoms with Crippen LogP contribution in [0.1, 0.15) is 64.4 Å². The van der Waals surface area contributed by atoms with Gasteiger partial charge in [0.25, 0.3) is 0 Å². The minimum atomic E-state index is 0.187. The van der Waals surface area contributed by atoms with Gasteiger partial charge < -0.3 is 10.5 Å². The van der Waals surface area contributed by atoms with Gasteiger partial charge in [-0.25, -0.2) is 0 Å². The van der Waals surface area contributed by atoms with E-state index in [1.165, 1.54) is 37.7 Å². The lowest BCUT2D eigenvalue weighted by atomic mass is 9.70. The molecule has 3 heteroatoms. The standard InChI is InChI=1S/C18H30N2O/c1-4-5-14-6-7-15(10-19)18(8-14)16-9-17(12-20-11-16)21-13(2)3/h9,11-15,18H,4-8,10,19H2,1-3H3. The summed E-state index contributed by atoms with van der Waals surface area (Å²) in [5, 5.41) is 0. The summed E-state index contributed by atoms with van der Waals surface area (Å²) in [6.45, 7) is 7.15. The van der Waals surface area contributed by atoms with Gasteiger partial charge in [0, 0.05) is 6.20 Å². The molecule has 3 unspecified atom stereocenters. The lowest BCUT2D eigenvalue weighted by Gasteiger charge is -2.36. The Morgan fingerprint density at radius 3 is 2.81 bits per heavy atom. The SMILES string of the molecule is CCCC1CCC(CN)C(c2cncc(OC(C)C)c2)C1. The maximum atomic E-state index is 6.02. The van der Waals surface area contributed by atoms with Gasteiger partial charge in [-0.2, -0.15) is 0 Å². The largest absolute Gasteiger partial charge is 0.489 e. The maximum absolute atomic E-state index is 6.02. The van der Waals surface area contributed by atoms with Crippen molar-refractivity contribution in [1.82, 2.24) is 4.98 Å². The number of pyridine rings is 1. The molecule has 1 aromatic heterocycles. The Labute approximate surface area is 129 Å². The Hall–Kier alpha value is -1.09. The number of nitrogens with two attached hydrogens (primary N) is 1. The highest BCUT2D eigenvalue weighted by molar-refractivity contribution is 5.27. The van der Waals surface area contributed by atoms with Crippen LogP contribution >= 0.6 is 0 Å². The van der Waals surface area contributed by atoms with Crippen LogP contribution in [0.25, 0.3) is 0 Å². The van der Waals surface area contributed by atoms with E-state index in [1.807, 2.05) is 26.2 Å². The molecular weight excluding hydrogens is 260 g/mol. The van der Waals surface area contributed by atoms with Crippen molar-refractivity contribution in [1.29, 1.82) is 0 Å². The van der Waals surface area contributed by atoms with Gasteiger partial charge >= 0.3 is 0 Å². The van der Waals surface area contributed by atoms with Crippen molar-refractivity contribution in [2.24, 2.45) is 17.6 Å². The molecule has 3 nitrogen and oxygen atoms in total. The number of hydrogen-bond donors (Lipinski definition) is 1. The summed E-state index contributed by atoms with van der Waals surface area (Å²) in [6, 6.07) is 2.18. The highest BCUT2D eigenvalue weighted by Crippen LogP contribution is 2.42. The Balaban J connectivity index is 2.15. The fourth-order valence-corrected chi connectivity index (χ4v) is 3.66. The molecule has 0 saturated heterocycles. The van der Waals surface area contributed by atoms with Crippen LogP contribution in [0.4, 0.5) is 0 Å². The van der Waals surface area contributed by atoms with Crippen LogP contribution in [0.2, 0.25) is 0 Å². The molecule has 1 aliphatic rings. The van der Waals surface area contributed by atoms with Crippen molar-refractivity contribution in [2.75, 3.05) is 6.54 Å². The van der Waals surface area contributed by atoms with E-state index in [4.69, 9.17) is 10.5 Å². The molecule has 1 saturated carbocycles. The fraction of sp³-hybridized carbons (Fsp3) is 0.722. The minimum absolute atomic E-state index is 0.187. The van der Waals surface area contributed by atoms with Crippen molar-refractivity contribution in [2.45, 2.75) is 64.9 Å². The number of hydrogen-bond acceptors (Lipinski definition) is 3. The molecule has 1 aromatic rings. The second-order valence-electron chi connectivity index (χ2n) is 6.69. The average Bonchev–Trinajstić information content (AvgIpc) is 2.47. The number of ether oxygens (including phenoxy) is 1. The van der Waals surface area contributed by atoms with Gasteiger partial charge in [-0.1, -0.05) is 26.2 Å². The van der Waals surface area contributed by atoms with Crippen LogP contribution in [-0.4, -0.2) is 17.6 Å². The summed E-state index contributed by atoms with van der Waals surface area (Å²) in [5.41, 5.74) is 7.33. The fourth-order valence-electron chi connectivity index (χ4n) is 3.66. The molecular formula is C18H30N2O. The number of rotatable bonds is 6. The molecule has 0 aromatic carbocycles. The molecule has 1 aliphatic carbocycles. The molecule has 21 heavy (non-hydrogen) atoms. The predicted octanol–water partition coefficient (Wildman–Crippen LogP) is 4.13. The summed E-state index contributed by atoms with van der Waals surface area (Å²) in [4.78, 5) is 4.39. The van der Waals surface area contributed by atoms with Gasteiger partial charge in [0.2, 0.25) is 0 Å². The van der Waals surface area contributed by atoms with Crippen LogP contribution < -0.4 is 10.5 Å². The van der Waals surface area contributed by atoms with Crippen LogP contribution in [0.3, 0.4) is 0 Å². The second-order valence-corrected chi connectivity index (χ2v) is 6.69. The molecule has 118 valence electrons. The quantitative estimate of drug-likeness (QED) is 0.857. The average molecular weight is 290 g/mol. The van der Waals surface area contributed by atoms with E-state index in [2.05, 4.69) is 18.0 Å². The van der Waals surface area contributed by atoms with Gasteiger partial charge in [0.15, 0.2) is 0 Å². The van der Waals surface area contributed by atoms with Crippen LogP contribution in [0, 0.1) is 11.8 Å². The zero-order valence-corrected chi connectivity index (χ0v) is 13.7. The van der Waals surface area contributed by atoms with Gasteiger partial charge in [-0.15, -0.1) is 0 Å². The van der Waals surface area contributed by atoms with E-state index in [0.717, 1.165) is 18.2 Å². The monoisotopic (exact) mass is 290 g/mol. The highest BCUT2D eigenvalue weighted by atomic mass is 16.5. The third-order valence-corrected chi connectivity index (χ3v) is 4.64. The molecule has 0 aliphatic heterocycles. The zero-order valence-electron chi connectivity index (χ0n) is 13.7. The molecule has 1 heterocycles. The molecule has 3 atom stereocenters. The summed E-state index contributed by atoms with van der Waals surface area (Å²) < 4.78 is 5.80. The van der Waals surface area contributed by atoms with Crippen molar-refractivity contribution >= 4 is 0 Å². The first-order valence-corrected chi connectivity index (χ1v) is 8.45. The van der Waals surface area contributed by atoms with Gasteiger partial charge in [-0.3, -0.25) is 4.98 Å². The zero-order chi connectivity index (χ0) is 15.2. The van der Waals surface area contributed by atoms with Crippen molar-refractivity contribution < 1.29 is 4.74 Å². The lowest BCUT2D eigenvalue weighted by molar-refractivity contribution is 0.225. The van der Waals surface area contributed by atoms with E-state index in [9.17, 15) is 0 Å². The van der Waals surface area contributed by atoms with E-state index in [-0.39, 0.29) is 6.10 Å². The number of nitrogens with zero attached hydrogens (tertiary/aromatic N) is 1. The Morgan fingerprint density at radius 2 is 2.14 bits per heavy atom. The molecule has 2 N–H and O–H groups in total. The van der Waals surface area contributed by atoms with E-state index in [1.54, 1.807) is 0 Å². The summed E-state index contributed by atoms with van der Waals surface area (Å²) in [5.74, 6) is 2.87. The van der Waals surface area contributed by atoms with E-state index in [0.29, 0.717) is 11.8 Å². The smallest absolute Gasteiger partial charge is 0.138 e. The minimum Gasteiger partial charge on any atom is -0.489 e. The van der Waals surface area contributed by atoms with Crippen LogP contribution in [-0.2, 0) is 0 Å². The lowest BCUT2D eigenvalue weighted by Crippen LogP contribution is -2.29. The summed E-state index contributed by atoms with van der Waals surface area (Å²) >= 11 is 0. The van der Waals surface area contributed by atoms with Gasteiger partial charge in [0.05, 0.1) is 12.3 Å². The normalized spacial score (nSPS) is 26.0. The Bertz CT molecular complexity index is 433. The van der Waals surface area contributed by atoms with E-state index < -0.39 is 0 Å². The van der Waals surface area contributed by atoms with Gasteiger partial charge in [-0.05, 0) is 62.6 Å². The molecule has 0 amide bonds. The molecule has 0 radical (unpaired) electrons. The molecule has 2 rings (SSSR count). The van der Waals surface area contributed by atoms with Gasteiger partial charge in [0.1, 0.15) is 5.75 Å². The Kier molecular flexibility index (Phi) is 6.04. The molecule has 0 bridgehead atoms. The summed E-state index contributed by atoms with van der Waals surface area (Å²) in [7, 11) is 0. The second kappa shape index (κ2) is 7.79. The molecule has 1 fully saturated rings. The first-order chi connectivity index (χ1) is 10.1.